The first kappa shape index (κ1) is 12.9. The Morgan fingerprint density at radius 2 is 2.33 bits per heavy atom. The van der Waals surface area contributed by atoms with Crippen molar-refractivity contribution in [3.63, 3.8) is 0 Å². The van der Waals surface area contributed by atoms with Gasteiger partial charge in [-0.2, -0.15) is 0 Å². The van der Waals surface area contributed by atoms with Crippen molar-refractivity contribution in [2.75, 3.05) is 12.3 Å². The van der Waals surface area contributed by atoms with Crippen LogP contribution in [0, 0.1) is 0 Å². The van der Waals surface area contributed by atoms with Crippen molar-refractivity contribution in [2.45, 2.75) is 6.42 Å². The maximum absolute atomic E-state index is 11.9. The summed E-state index contributed by atoms with van der Waals surface area (Å²) in [6, 6.07) is 5.01. The molecule has 0 saturated carbocycles. The number of nitrogen functional groups attached to an aromatic ring is 1. The van der Waals surface area contributed by atoms with Gasteiger partial charge in [0.05, 0.1) is 21.8 Å². The van der Waals surface area contributed by atoms with E-state index < -0.39 is 0 Å². The average molecular weight is 282 g/mol. The van der Waals surface area contributed by atoms with Crippen LogP contribution in [0.3, 0.4) is 0 Å². The summed E-state index contributed by atoms with van der Waals surface area (Å²) in [5, 5.41) is 5.10. The molecule has 0 bridgehead atoms. The van der Waals surface area contributed by atoms with E-state index in [1.54, 1.807) is 23.7 Å². The highest BCUT2D eigenvalue weighted by molar-refractivity contribution is 7.07. The minimum atomic E-state index is -0.256. The second kappa shape index (κ2) is 5.84. The van der Waals surface area contributed by atoms with E-state index in [4.69, 9.17) is 17.3 Å². The molecule has 18 heavy (non-hydrogen) atoms. The molecule has 1 aromatic heterocycles. The van der Waals surface area contributed by atoms with Crippen LogP contribution in [-0.4, -0.2) is 17.4 Å². The maximum Gasteiger partial charge on any atom is 0.254 e. The standard InChI is InChI=1S/C12H12ClN3OS/c13-9-2-1-3-10(14)11(9)12(17)15-5-4-8-6-18-7-16-8/h1-3,6-7H,4-5,14H2,(H,15,17). The van der Waals surface area contributed by atoms with Gasteiger partial charge in [0.25, 0.3) is 5.91 Å². The van der Waals surface area contributed by atoms with Crippen molar-refractivity contribution in [2.24, 2.45) is 0 Å². The van der Waals surface area contributed by atoms with Crippen LogP contribution < -0.4 is 11.1 Å². The Kier molecular flexibility index (Phi) is 4.17. The van der Waals surface area contributed by atoms with E-state index in [0.717, 1.165) is 5.69 Å². The van der Waals surface area contributed by atoms with Gasteiger partial charge in [0.15, 0.2) is 0 Å². The zero-order valence-electron chi connectivity index (χ0n) is 9.52. The normalized spacial score (nSPS) is 10.3. The van der Waals surface area contributed by atoms with E-state index in [2.05, 4.69) is 10.3 Å². The number of carbonyl (C=O) groups excluding carboxylic acids is 1. The number of halogens is 1. The maximum atomic E-state index is 11.9. The van der Waals surface area contributed by atoms with Gasteiger partial charge in [0.2, 0.25) is 0 Å². The SMILES string of the molecule is Nc1cccc(Cl)c1C(=O)NCCc1cscn1. The number of aromatic nitrogens is 1. The number of benzene rings is 1. The van der Waals surface area contributed by atoms with Crippen LogP contribution in [0.1, 0.15) is 16.1 Å². The number of carbonyl (C=O) groups is 1. The van der Waals surface area contributed by atoms with Crippen molar-refractivity contribution in [1.82, 2.24) is 10.3 Å². The Balaban J connectivity index is 1.96. The molecule has 1 heterocycles. The highest BCUT2D eigenvalue weighted by Crippen LogP contribution is 2.21. The lowest BCUT2D eigenvalue weighted by atomic mass is 10.1. The first-order valence-electron chi connectivity index (χ1n) is 5.37. The Bertz CT molecular complexity index is 522. The number of nitrogens with two attached hydrogens (primary N) is 1. The monoisotopic (exact) mass is 281 g/mol. The molecule has 0 radical (unpaired) electrons. The smallest absolute Gasteiger partial charge is 0.254 e. The Morgan fingerprint density at radius 1 is 1.50 bits per heavy atom. The number of nitrogens with one attached hydrogen (secondary N) is 1. The fourth-order valence-electron chi connectivity index (χ4n) is 1.53. The number of amides is 1. The predicted octanol–water partition coefficient (Wildman–Crippen LogP) is 2.35. The van der Waals surface area contributed by atoms with Crippen LogP contribution in [-0.2, 0) is 6.42 Å². The number of nitrogens with zero attached hydrogens (tertiary/aromatic N) is 1. The lowest BCUT2D eigenvalue weighted by Crippen LogP contribution is -2.26. The molecule has 1 amide bonds. The minimum absolute atomic E-state index is 0.256. The summed E-state index contributed by atoms with van der Waals surface area (Å²) in [5.74, 6) is -0.256. The Morgan fingerprint density at radius 3 is 3.00 bits per heavy atom. The number of rotatable bonds is 4. The van der Waals surface area contributed by atoms with E-state index >= 15 is 0 Å². The highest BCUT2D eigenvalue weighted by atomic mass is 35.5. The molecular formula is C12H12ClN3OS. The molecule has 0 aliphatic heterocycles. The van der Waals surface area contributed by atoms with Gasteiger partial charge in [-0.05, 0) is 12.1 Å². The summed E-state index contributed by atoms with van der Waals surface area (Å²) < 4.78 is 0. The molecule has 0 fully saturated rings. The Hall–Kier alpha value is -1.59. The molecule has 94 valence electrons. The predicted molar refractivity (Wildman–Crippen MR) is 74.0 cm³/mol. The van der Waals surface area contributed by atoms with Crippen molar-refractivity contribution in [3.8, 4) is 0 Å². The molecule has 2 aromatic rings. The van der Waals surface area contributed by atoms with Crippen molar-refractivity contribution in [3.05, 3.63) is 45.4 Å². The van der Waals surface area contributed by atoms with Gasteiger partial charge in [0.1, 0.15) is 0 Å². The summed E-state index contributed by atoms with van der Waals surface area (Å²) in [5.41, 5.74) is 9.18. The van der Waals surface area contributed by atoms with Crippen LogP contribution in [0.2, 0.25) is 5.02 Å². The first-order valence-corrected chi connectivity index (χ1v) is 6.70. The zero-order valence-corrected chi connectivity index (χ0v) is 11.1. The first-order chi connectivity index (χ1) is 8.68. The summed E-state index contributed by atoms with van der Waals surface area (Å²) in [7, 11) is 0. The van der Waals surface area contributed by atoms with Gasteiger partial charge >= 0.3 is 0 Å². The summed E-state index contributed by atoms with van der Waals surface area (Å²) >= 11 is 7.49. The topological polar surface area (TPSA) is 68.0 Å². The van der Waals surface area contributed by atoms with E-state index in [1.165, 1.54) is 11.3 Å². The second-order valence-electron chi connectivity index (χ2n) is 3.69. The number of hydrogen-bond donors (Lipinski definition) is 2. The molecule has 4 nitrogen and oxygen atoms in total. The molecule has 6 heteroatoms. The van der Waals surface area contributed by atoms with Gasteiger partial charge in [0, 0.05) is 24.0 Å². The summed E-state index contributed by atoms with van der Waals surface area (Å²) in [4.78, 5) is 16.1. The fourth-order valence-corrected chi connectivity index (χ4v) is 2.39. The molecular weight excluding hydrogens is 270 g/mol. The third kappa shape index (κ3) is 3.00. The highest BCUT2D eigenvalue weighted by Gasteiger charge is 2.13. The van der Waals surface area contributed by atoms with E-state index in [0.29, 0.717) is 29.2 Å². The lowest BCUT2D eigenvalue weighted by molar-refractivity contribution is 0.0955. The number of anilines is 1. The number of hydrogen-bond acceptors (Lipinski definition) is 4. The molecule has 0 atom stereocenters. The number of thiazole rings is 1. The van der Waals surface area contributed by atoms with Gasteiger partial charge in [-0.1, -0.05) is 17.7 Å². The third-order valence-corrected chi connectivity index (χ3v) is 3.37. The summed E-state index contributed by atoms with van der Waals surface area (Å²) in [6.45, 7) is 0.507. The molecule has 0 aliphatic carbocycles. The quantitative estimate of drug-likeness (QED) is 0.846. The largest absolute Gasteiger partial charge is 0.398 e. The van der Waals surface area contributed by atoms with Crippen molar-refractivity contribution >= 4 is 34.5 Å². The van der Waals surface area contributed by atoms with Gasteiger partial charge < -0.3 is 11.1 Å². The van der Waals surface area contributed by atoms with Gasteiger partial charge in [-0.25, -0.2) is 4.98 Å². The average Bonchev–Trinajstić information content (AvgIpc) is 2.82. The Labute approximate surface area is 114 Å². The van der Waals surface area contributed by atoms with Crippen LogP contribution in [0.25, 0.3) is 0 Å². The van der Waals surface area contributed by atoms with Crippen LogP contribution >= 0.6 is 22.9 Å². The van der Waals surface area contributed by atoms with E-state index in [-0.39, 0.29) is 5.91 Å². The van der Waals surface area contributed by atoms with Crippen LogP contribution in [0.4, 0.5) is 5.69 Å². The molecule has 0 aliphatic rings. The van der Waals surface area contributed by atoms with Gasteiger partial charge in [-0.15, -0.1) is 11.3 Å². The molecule has 1 aromatic carbocycles. The zero-order chi connectivity index (χ0) is 13.0. The molecule has 0 spiro atoms. The van der Waals surface area contributed by atoms with Gasteiger partial charge in [-0.3, -0.25) is 4.79 Å². The van der Waals surface area contributed by atoms with Crippen LogP contribution in [0.15, 0.2) is 29.1 Å². The lowest BCUT2D eigenvalue weighted by Gasteiger charge is -2.08. The van der Waals surface area contributed by atoms with Crippen LogP contribution in [0.5, 0.6) is 0 Å². The van der Waals surface area contributed by atoms with E-state index in [1.807, 2.05) is 5.38 Å². The second-order valence-corrected chi connectivity index (χ2v) is 4.82. The molecule has 2 rings (SSSR count). The molecule has 0 saturated heterocycles. The van der Waals surface area contributed by atoms with Crippen molar-refractivity contribution < 1.29 is 4.79 Å². The summed E-state index contributed by atoms with van der Waals surface area (Å²) in [6.07, 6.45) is 0.694. The third-order valence-electron chi connectivity index (χ3n) is 2.42. The molecule has 3 N–H and O–H groups in total. The van der Waals surface area contributed by atoms with Crippen molar-refractivity contribution in [1.29, 1.82) is 0 Å². The fraction of sp³-hybridized carbons (Fsp3) is 0.167. The minimum Gasteiger partial charge on any atom is -0.398 e. The van der Waals surface area contributed by atoms with E-state index in [9.17, 15) is 4.79 Å². The molecule has 0 unspecified atom stereocenters.